The van der Waals surface area contributed by atoms with Gasteiger partial charge in [-0.2, -0.15) is 0 Å². The molecule has 11 heteroatoms. The zero-order valence-corrected chi connectivity index (χ0v) is 18.0. The van der Waals surface area contributed by atoms with Crippen molar-refractivity contribution in [1.29, 1.82) is 0 Å². The first-order valence-electron chi connectivity index (χ1n) is 9.91. The summed E-state index contributed by atoms with van der Waals surface area (Å²) in [7, 11) is 9.34. The third-order valence-electron chi connectivity index (χ3n) is 4.97. The number of ether oxygens (including phenoxy) is 2. The van der Waals surface area contributed by atoms with Crippen LogP contribution in [0.3, 0.4) is 0 Å². The van der Waals surface area contributed by atoms with Crippen LogP contribution in [0.25, 0.3) is 11.2 Å². The number of aromatic nitrogens is 4. The van der Waals surface area contributed by atoms with Crippen LogP contribution in [0.1, 0.15) is 19.4 Å². The van der Waals surface area contributed by atoms with Crippen molar-refractivity contribution in [3.8, 4) is 5.75 Å². The van der Waals surface area contributed by atoms with Crippen molar-refractivity contribution in [3.63, 3.8) is 0 Å². The molecule has 0 amide bonds. The van der Waals surface area contributed by atoms with Gasteiger partial charge < -0.3 is 14.0 Å². The molecule has 31 heavy (non-hydrogen) atoms. The Labute approximate surface area is 181 Å². The van der Waals surface area contributed by atoms with Crippen LogP contribution in [0.5, 0.6) is 5.75 Å². The summed E-state index contributed by atoms with van der Waals surface area (Å²) in [6.45, 7) is 5.44. The summed E-state index contributed by atoms with van der Waals surface area (Å²) in [5, 5.41) is 0. The van der Waals surface area contributed by atoms with Gasteiger partial charge in [-0.15, -0.1) is 0 Å². The van der Waals surface area contributed by atoms with Crippen molar-refractivity contribution >= 4 is 43.4 Å². The highest BCUT2D eigenvalue weighted by Gasteiger charge is 2.21. The summed E-state index contributed by atoms with van der Waals surface area (Å²) in [5.74, 6) is 0.118. The summed E-state index contributed by atoms with van der Waals surface area (Å²) in [6, 6.07) is 5.40. The van der Waals surface area contributed by atoms with Crippen LogP contribution in [0.4, 0.5) is 0 Å². The number of hydrogen-bond donors (Lipinski definition) is 0. The lowest BCUT2D eigenvalue weighted by molar-refractivity contribution is -0.141. The Kier molecular flexibility index (Phi) is 6.72. The second-order valence-electron chi connectivity index (χ2n) is 6.92. The minimum Gasteiger partial charge on any atom is -0.497 e. The lowest BCUT2D eigenvalue weighted by Gasteiger charge is -2.13. The molecule has 9 nitrogen and oxygen atoms in total. The van der Waals surface area contributed by atoms with Crippen molar-refractivity contribution in [2.75, 3.05) is 13.7 Å². The van der Waals surface area contributed by atoms with Gasteiger partial charge in [0.1, 0.15) is 20.2 Å². The van der Waals surface area contributed by atoms with Gasteiger partial charge in [-0.3, -0.25) is 18.7 Å². The van der Waals surface area contributed by atoms with E-state index in [1.807, 2.05) is 6.07 Å². The summed E-state index contributed by atoms with van der Waals surface area (Å²) < 4.78 is 14.5. The molecule has 0 aliphatic heterocycles. The van der Waals surface area contributed by atoms with Gasteiger partial charge in [0.05, 0.1) is 19.4 Å². The predicted octanol–water partition coefficient (Wildman–Crippen LogP) is -0.829. The van der Waals surface area contributed by atoms with Crippen molar-refractivity contribution in [1.82, 2.24) is 18.7 Å². The van der Waals surface area contributed by atoms with E-state index in [2.05, 4.69) is 4.98 Å². The fraction of sp³-hybridized carbons (Fsp3) is 0.400. The molecule has 0 fully saturated rings. The second-order valence-corrected chi connectivity index (χ2v) is 6.92. The van der Waals surface area contributed by atoms with Gasteiger partial charge >= 0.3 is 11.7 Å². The van der Waals surface area contributed by atoms with E-state index in [4.69, 9.17) is 17.3 Å². The van der Waals surface area contributed by atoms with E-state index in [1.54, 1.807) is 44.8 Å². The van der Waals surface area contributed by atoms with Crippen LogP contribution >= 0.6 is 0 Å². The molecule has 0 aliphatic rings. The van der Waals surface area contributed by atoms with E-state index in [9.17, 15) is 14.4 Å². The molecule has 3 rings (SSSR count). The van der Waals surface area contributed by atoms with Gasteiger partial charge in [0.15, 0.2) is 18.4 Å². The Balaban J connectivity index is 2.19. The largest absolute Gasteiger partial charge is 0.497 e. The van der Waals surface area contributed by atoms with E-state index >= 15 is 0 Å². The number of methoxy groups -OCH3 is 1. The summed E-state index contributed by atoms with van der Waals surface area (Å²) in [4.78, 5) is 41.7. The number of nitrogens with zero attached hydrogens (tertiary/aromatic N) is 4. The van der Waals surface area contributed by atoms with E-state index in [1.165, 1.54) is 11.5 Å². The average Bonchev–Trinajstić information content (AvgIpc) is 3.09. The van der Waals surface area contributed by atoms with Crippen LogP contribution in [-0.2, 0) is 29.2 Å². The van der Waals surface area contributed by atoms with E-state index in [0.29, 0.717) is 29.0 Å². The summed E-state index contributed by atoms with van der Waals surface area (Å²) in [6.07, 6.45) is 0. The maximum atomic E-state index is 13.2. The molecule has 0 atom stereocenters. The van der Waals surface area contributed by atoms with Crippen molar-refractivity contribution in [2.45, 2.75) is 40.3 Å². The first-order valence-corrected chi connectivity index (χ1v) is 9.91. The molecule has 0 N–H and O–H groups in total. The molecule has 0 spiro atoms. The van der Waals surface area contributed by atoms with Crippen LogP contribution in [0.2, 0.25) is 6.82 Å². The maximum absolute atomic E-state index is 13.2. The Morgan fingerprint density at radius 1 is 1.23 bits per heavy atom. The number of benzene rings is 1. The molecule has 0 unspecified atom stereocenters. The molecular weight excluding hydrogens is 398 g/mol. The van der Waals surface area contributed by atoms with E-state index in [0.717, 1.165) is 10.1 Å². The number of hydrogen-bond acceptors (Lipinski definition) is 6. The zero-order chi connectivity index (χ0) is 22.7. The Hall–Kier alpha value is -3.23. The molecule has 0 aliphatic carbocycles. The fourth-order valence-electron chi connectivity index (χ4n) is 3.51. The van der Waals surface area contributed by atoms with Gasteiger partial charge in [0.25, 0.3) is 5.56 Å². The smallest absolute Gasteiger partial charge is 0.332 e. The first-order chi connectivity index (χ1) is 14.8. The highest BCUT2D eigenvalue weighted by molar-refractivity contribution is 6.50. The van der Waals surface area contributed by atoms with Crippen molar-refractivity contribution in [2.24, 2.45) is 0 Å². The number of esters is 1. The number of carbonyl (C=O) groups excluding carboxylic acids is 1. The maximum Gasteiger partial charge on any atom is 0.332 e. The van der Waals surface area contributed by atoms with Crippen LogP contribution < -0.4 is 27.2 Å². The van der Waals surface area contributed by atoms with Gasteiger partial charge in [0, 0.05) is 20.0 Å². The molecule has 159 valence electrons. The minimum atomic E-state index is -0.492. The number of rotatable bonds is 8. The molecule has 0 saturated heterocycles. The quantitative estimate of drug-likeness (QED) is 0.348. The van der Waals surface area contributed by atoms with E-state index in [-0.39, 0.29) is 25.3 Å². The Bertz CT molecular complexity index is 1250. The predicted molar refractivity (Wildman–Crippen MR) is 119 cm³/mol. The average molecular weight is 421 g/mol. The topological polar surface area (TPSA) is 97.4 Å². The zero-order valence-electron chi connectivity index (χ0n) is 18.0. The molecule has 2 aromatic heterocycles. The van der Waals surface area contributed by atoms with Crippen molar-refractivity contribution in [3.05, 3.63) is 44.6 Å². The lowest BCUT2D eigenvalue weighted by atomic mass is 9.81. The second kappa shape index (κ2) is 9.28. The summed E-state index contributed by atoms with van der Waals surface area (Å²) >= 11 is 0. The highest BCUT2D eigenvalue weighted by Crippen LogP contribution is 2.12. The van der Waals surface area contributed by atoms with Crippen LogP contribution in [-0.4, -0.2) is 53.5 Å². The molecular formula is C20H23B2N4O5. The SMILES string of the molecule is [B]c1cc(Cn2c([B]C)nc3c2c(=O)n(CC)c(=O)n3CCOC(C)=O)ccc1OC. The van der Waals surface area contributed by atoms with Gasteiger partial charge in [-0.25, -0.2) is 9.78 Å². The lowest BCUT2D eigenvalue weighted by Crippen LogP contribution is -2.41. The van der Waals surface area contributed by atoms with Crippen LogP contribution in [0.15, 0.2) is 27.8 Å². The standard InChI is InChI=1S/C20H23B2N4O5/c1-5-24-18(28)16-17(25(20(24)29)8-9-31-12(2)27)23-19(22-3)26(16)11-13-6-7-15(30-4)14(21)10-13/h6-7,10H,5,8-9,11H2,1-4H3. The Morgan fingerprint density at radius 2 is 1.97 bits per heavy atom. The van der Waals surface area contributed by atoms with Gasteiger partial charge in [-0.05, 0) is 18.6 Å². The number of carbonyl (C=O) groups is 1. The third kappa shape index (κ3) is 4.30. The number of imidazole rings is 1. The monoisotopic (exact) mass is 421 g/mol. The Morgan fingerprint density at radius 3 is 2.55 bits per heavy atom. The fourth-order valence-corrected chi connectivity index (χ4v) is 3.51. The normalized spacial score (nSPS) is 11.0. The first kappa shape index (κ1) is 22.5. The minimum absolute atomic E-state index is 0.000690. The van der Waals surface area contributed by atoms with Crippen molar-refractivity contribution < 1.29 is 14.3 Å². The highest BCUT2D eigenvalue weighted by atomic mass is 16.5. The summed E-state index contributed by atoms with van der Waals surface area (Å²) in [5.41, 5.74) is 1.50. The van der Waals surface area contributed by atoms with E-state index < -0.39 is 17.2 Å². The molecule has 2 heterocycles. The van der Waals surface area contributed by atoms with Gasteiger partial charge in [-0.1, -0.05) is 24.4 Å². The third-order valence-corrected chi connectivity index (χ3v) is 4.97. The molecule has 1 aromatic carbocycles. The van der Waals surface area contributed by atoms with Crippen LogP contribution in [0, 0.1) is 0 Å². The number of fused-ring (bicyclic) bond motifs is 1. The van der Waals surface area contributed by atoms with Gasteiger partial charge in [0.2, 0.25) is 0 Å². The molecule has 0 bridgehead atoms. The molecule has 3 radical (unpaired) electrons. The molecule has 0 saturated carbocycles. The molecule has 3 aromatic rings.